The maximum absolute atomic E-state index is 12.2. The molecule has 2 rings (SSSR count). The van der Waals surface area contributed by atoms with Crippen molar-refractivity contribution >= 4 is 15.9 Å². The molecular weight excluding hydrogens is 336 g/mol. The molecule has 0 radical (unpaired) electrons. The van der Waals surface area contributed by atoms with Crippen LogP contribution in [0.5, 0.6) is 0 Å². The summed E-state index contributed by atoms with van der Waals surface area (Å²) in [6, 6.07) is 15.5. The van der Waals surface area contributed by atoms with Crippen molar-refractivity contribution in [3.63, 3.8) is 0 Å². The number of aryl methyl sites for hydroxylation is 2. The van der Waals surface area contributed by atoms with Crippen LogP contribution in [0.3, 0.4) is 0 Å². The second-order valence-electron chi connectivity index (χ2n) is 6.04. The predicted molar refractivity (Wildman–Crippen MR) is 99.7 cm³/mol. The first kappa shape index (κ1) is 19.1. The van der Waals surface area contributed by atoms with Gasteiger partial charge in [0.2, 0.25) is 15.9 Å². The van der Waals surface area contributed by atoms with Crippen LogP contribution in [0.2, 0.25) is 0 Å². The van der Waals surface area contributed by atoms with Gasteiger partial charge in [-0.25, -0.2) is 13.1 Å². The van der Waals surface area contributed by atoms with E-state index >= 15 is 0 Å². The zero-order valence-corrected chi connectivity index (χ0v) is 15.4. The zero-order valence-electron chi connectivity index (χ0n) is 14.6. The van der Waals surface area contributed by atoms with Crippen molar-refractivity contribution in [1.82, 2.24) is 10.0 Å². The van der Waals surface area contributed by atoms with Crippen LogP contribution >= 0.6 is 0 Å². The minimum Gasteiger partial charge on any atom is -0.355 e. The summed E-state index contributed by atoms with van der Waals surface area (Å²) < 4.78 is 26.8. The number of sulfonamides is 1. The fourth-order valence-corrected chi connectivity index (χ4v) is 3.84. The van der Waals surface area contributed by atoms with Crippen molar-refractivity contribution < 1.29 is 13.2 Å². The molecular formula is C19H24N2O3S. The van der Waals surface area contributed by atoms with Crippen molar-refractivity contribution in [2.45, 2.75) is 26.0 Å². The Hall–Kier alpha value is -2.18. The first-order chi connectivity index (χ1) is 11.9. The van der Waals surface area contributed by atoms with Gasteiger partial charge in [-0.15, -0.1) is 0 Å². The van der Waals surface area contributed by atoms with Crippen LogP contribution in [0, 0.1) is 13.8 Å². The third-order valence-corrected chi connectivity index (χ3v) is 5.26. The van der Waals surface area contributed by atoms with Gasteiger partial charge in [0, 0.05) is 6.54 Å². The number of amides is 1. The Morgan fingerprint density at radius 2 is 1.60 bits per heavy atom. The summed E-state index contributed by atoms with van der Waals surface area (Å²) in [7, 11) is -3.56. The second kappa shape index (κ2) is 8.78. The lowest BCUT2D eigenvalue weighted by molar-refractivity contribution is -0.119. The largest absolute Gasteiger partial charge is 0.355 e. The molecule has 0 unspecified atom stereocenters. The highest BCUT2D eigenvalue weighted by atomic mass is 32.2. The number of carbonyl (C=O) groups is 1. The van der Waals surface area contributed by atoms with E-state index in [2.05, 4.69) is 10.0 Å². The van der Waals surface area contributed by atoms with E-state index in [1.54, 1.807) is 0 Å². The van der Waals surface area contributed by atoms with E-state index < -0.39 is 10.0 Å². The van der Waals surface area contributed by atoms with Crippen molar-refractivity contribution in [3.05, 3.63) is 70.8 Å². The van der Waals surface area contributed by atoms with Gasteiger partial charge >= 0.3 is 0 Å². The van der Waals surface area contributed by atoms with Crippen molar-refractivity contribution in [1.29, 1.82) is 0 Å². The molecule has 2 aromatic carbocycles. The van der Waals surface area contributed by atoms with Crippen LogP contribution in [0.25, 0.3) is 0 Å². The Morgan fingerprint density at radius 3 is 2.24 bits per heavy atom. The van der Waals surface area contributed by atoms with Crippen LogP contribution in [0.1, 0.15) is 22.3 Å². The molecule has 2 aromatic rings. The van der Waals surface area contributed by atoms with Crippen molar-refractivity contribution in [3.8, 4) is 0 Å². The zero-order chi connectivity index (χ0) is 18.3. The molecule has 0 spiro atoms. The topological polar surface area (TPSA) is 75.3 Å². The molecule has 0 aromatic heterocycles. The molecule has 5 nitrogen and oxygen atoms in total. The molecule has 0 heterocycles. The molecule has 0 saturated carbocycles. The number of nitrogens with one attached hydrogen (secondary N) is 2. The van der Waals surface area contributed by atoms with Gasteiger partial charge in [0.05, 0.1) is 12.3 Å². The molecule has 0 fully saturated rings. The molecule has 1 amide bonds. The first-order valence-corrected chi connectivity index (χ1v) is 9.85. The van der Waals surface area contributed by atoms with Gasteiger partial charge < -0.3 is 5.32 Å². The number of hydrogen-bond donors (Lipinski definition) is 2. The fraction of sp³-hybridized carbons (Fsp3) is 0.316. The summed E-state index contributed by atoms with van der Waals surface area (Å²) in [6.07, 6.45) is 0.710. The van der Waals surface area contributed by atoms with Gasteiger partial charge in [-0.2, -0.15) is 0 Å². The van der Waals surface area contributed by atoms with Crippen LogP contribution in [0.15, 0.2) is 48.5 Å². The molecule has 0 saturated heterocycles. The summed E-state index contributed by atoms with van der Waals surface area (Å²) in [5.74, 6) is -0.455. The summed E-state index contributed by atoms with van der Waals surface area (Å²) in [5, 5.41) is 2.72. The van der Waals surface area contributed by atoms with E-state index in [-0.39, 0.29) is 18.2 Å². The monoisotopic (exact) mass is 360 g/mol. The lowest BCUT2D eigenvalue weighted by Gasteiger charge is -2.11. The molecule has 0 aliphatic heterocycles. The van der Waals surface area contributed by atoms with Crippen LogP contribution < -0.4 is 10.0 Å². The Bertz CT molecular complexity index is 798. The maximum atomic E-state index is 12.2. The highest BCUT2D eigenvalue weighted by molar-refractivity contribution is 7.88. The van der Waals surface area contributed by atoms with Crippen LogP contribution in [0.4, 0.5) is 0 Å². The van der Waals surface area contributed by atoms with E-state index in [9.17, 15) is 13.2 Å². The molecule has 134 valence electrons. The molecule has 0 atom stereocenters. The second-order valence-corrected chi connectivity index (χ2v) is 7.84. The fourth-order valence-electron chi connectivity index (χ4n) is 2.55. The molecule has 0 aliphatic carbocycles. The number of rotatable bonds is 8. The highest BCUT2D eigenvalue weighted by Gasteiger charge is 2.16. The van der Waals surface area contributed by atoms with Crippen molar-refractivity contribution in [2.75, 3.05) is 13.1 Å². The number of carbonyl (C=O) groups excluding carboxylic acids is 1. The SMILES string of the molecule is Cc1cccc(C)c1CS(=O)(=O)NCC(=O)NCCc1ccccc1. The smallest absolute Gasteiger partial charge is 0.235 e. The Labute approximate surface area is 149 Å². The molecule has 0 bridgehead atoms. The average Bonchev–Trinajstić information content (AvgIpc) is 2.58. The van der Waals surface area contributed by atoms with E-state index in [0.717, 1.165) is 22.3 Å². The van der Waals surface area contributed by atoms with E-state index in [1.807, 2.05) is 62.4 Å². The van der Waals surface area contributed by atoms with Gasteiger partial charge in [-0.3, -0.25) is 4.79 Å². The maximum Gasteiger partial charge on any atom is 0.235 e. The molecule has 6 heteroatoms. The normalized spacial score (nSPS) is 11.3. The van der Waals surface area contributed by atoms with Gasteiger partial charge in [-0.1, -0.05) is 48.5 Å². The minimum absolute atomic E-state index is 0.122. The Kier molecular flexibility index (Phi) is 6.73. The summed E-state index contributed by atoms with van der Waals surface area (Å²) in [5.41, 5.74) is 3.76. The Morgan fingerprint density at radius 1 is 0.960 bits per heavy atom. The third kappa shape index (κ3) is 6.32. The van der Waals surface area contributed by atoms with E-state index in [0.29, 0.717) is 13.0 Å². The van der Waals surface area contributed by atoms with Gasteiger partial charge in [0.1, 0.15) is 0 Å². The quantitative estimate of drug-likeness (QED) is 0.757. The number of benzene rings is 2. The Balaban J connectivity index is 1.80. The average molecular weight is 360 g/mol. The highest BCUT2D eigenvalue weighted by Crippen LogP contribution is 2.15. The minimum atomic E-state index is -3.56. The first-order valence-electron chi connectivity index (χ1n) is 8.20. The summed E-state index contributed by atoms with van der Waals surface area (Å²) >= 11 is 0. The van der Waals surface area contributed by atoms with Crippen LogP contribution in [-0.2, 0) is 27.0 Å². The summed E-state index contributed by atoms with van der Waals surface area (Å²) in [6.45, 7) is 3.99. The standard InChI is InChI=1S/C19H24N2O3S/c1-15-7-6-8-16(2)18(15)14-25(23,24)21-13-19(22)20-12-11-17-9-4-3-5-10-17/h3-10,21H,11-14H2,1-2H3,(H,20,22). The lowest BCUT2D eigenvalue weighted by atomic mass is 10.1. The van der Waals surface area contributed by atoms with Crippen molar-refractivity contribution in [2.24, 2.45) is 0 Å². The summed E-state index contributed by atoms with van der Waals surface area (Å²) in [4.78, 5) is 11.8. The third-order valence-electron chi connectivity index (χ3n) is 4.01. The van der Waals surface area contributed by atoms with E-state index in [1.165, 1.54) is 0 Å². The lowest BCUT2D eigenvalue weighted by Crippen LogP contribution is -2.38. The molecule has 2 N–H and O–H groups in total. The predicted octanol–water partition coefficient (Wildman–Crippen LogP) is 2.08. The van der Waals surface area contributed by atoms with Gasteiger partial charge in [0.15, 0.2) is 0 Å². The van der Waals surface area contributed by atoms with Gasteiger partial charge in [0.25, 0.3) is 0 Å². The molecule has 25 heavy (non-hydrogen) atoms. The number of hydrogen-bond acceptors (Lipinski definition) is 3. The van der Waals surface area contributed by atoms with Crippen LogP contribution in [-0.4, -0.2) is 27.4 Å². The van der Waals surface area contributed by atoms with E-state index in [4.69, 9.17) is 0 Å². The van der Waals surface area contributed by atoms with Gasteiger partial charge in [-0.05, 0) is 42.5 Å². The molecule has 0 aliphatic rings.